The van der Waals surface area contributed by atoms with Crippen LogP contribution in [0.25, 0.3) is 4.85 Å². The molecule has 0 aliphatic rings. The number of carbonyl (C=O) groups excluding carboxylic acids is 1. The highest BCUT2D eigenvalue weighted by molar-refractivity contribution is 7.57. The standard InChI is InChI=1S/C21H35N5O8P2/c1-16(2)26(17(3)4)35(33-12-10-22-5)34-15-18(9-13-36(30,31-6)32-7)23-20(28)14-25-11-8-19(27)24-21(25)29/h8-9,11,13,16-18H,10,12,14-15H2,1-4,6-7H3,(H,23,28)(H,24,27,29)/b13-9+. The van der Waals surface area contributed by atoms with Gasteiger partial charge >= 0.3 is 13.3 Å². The van der Waals surface area contributed by atoms with E-state index in [9.17, 15) is 18.9 Å². The number of nitrogens with zero attached hydrogens (tertiary/aromatic N) is 3. The van der Waals surface area contributed by atoms with Crippen LogP contribution in [0.5, 0.6) is 0 Å². The Morgan fingerprint density at radius 2 is 1.89 bits per heavy atom. The van der Waals surface area contributed by atoms with E-state index in [2.05, 4.69) is 15.1 Å². The molecule has 0 saturated carbocycles. The molecule has 0 spiro atoms. The highest BCUT2D eigenvalue weighted by Gasteiger charge is 2.28. The molecule has 0 aromatic carbocycles. The zero-order valence-corrected chi connectivity index (χ0v) is 23.2. The summed E-state index contributed by atoms with van der Waals surface area (Å²) in [4.78, 5) is 41.2. The highest BCUT2D eigenvalue weighted by atomic mass is 31.2. The Morgan fingerprint density at radius 3 is 2.42 bits per heavy atom. The molecular formula is C21H35N5O8P2. The van der Waals surface area contributed by atoms with Gasteiger partial charge in [0, 0.05) is 44.4 Å². The van der Waals surface area contributed by atoms with E-state index in [4.69, 9.17) is 24.7 Å². The largest absolute Gasteiger partial charge is 0.353 e. The lowest BCUT2D eigenvalue weighted by Gasteiger charge is -2.35. The molecule has 1 rings (SSSR count). The molecule has 1 aromatic rings. The molecule has 36 heavy (non-hydrogen) atoms. The average molecular weight is 547 g/mol. The Labute approximate surface area is 212 Å². The Morgan fingerprint density at radius 1 is 1.25 bits per heavy atom. The van der Waals surface area contributed by atoms with E-state index in [0.717, 1.165) is 10.6 Å². The average Bonchev–Trinajstić information content (AvgIpc) is 2.81. The fourth-order valence-electron chi connectivity index (χ4n) is 2.98. The Balaban J connectivity index is 3.12. The summed E-state index contributed by atoms with van der Waals surface area (Å²) in [6.45, 7) is 14.9. The normalized spacial score (nSPS) is 13.9. The summed E-state index contributed by atoms with van der Waals surface area (Å²) < 4.78 is 37.3. The molecule has 1 heterocycles. The first-order valence-corrected chi connectivity index (χ1v) is 13.9. The predicted molar refractivity (Wildman–Crippen MR) is 136 cm³/mol. The number of hydrogen-bond donors (Lipinski definition) is 2. The molecule has 0 radical (unpaired) electrons. The number of nitrogens with one attached hydrogen (secondary N) is 2. The third kappa shape index (κ3) is 10.8. The summed E-state index contributed by atoms with van der Waals surface area (Å²) >= 11 is 0. The van der Waals surface area contributed by atoms with E-state index >= 15 is 0 Å². The van der Waals surface area contributed by atoms with Gasteiger partial charge in [-0.05, 0) is 27.7 Å². The highest BCUT2D eigenvalue weighted by Crippen LogP contribution is 2.48. The van der Waals surface area contributed by atoms with E-state index in [1.54, 1.807) is 0 Å². The van der Waals surface area contributed by atoms with Crippen molar-refractivity contribution in [2.24, 2.45) is 0 Å². The minimum atomic E-state index is -3.53. The fourth-order valence-corrected chi connectivity index (χ4v) is 5.41. The van der Waals surface area contributed by atoms with Gasteiger partial charge in [-0.2, -0.15) is 0 Å². The van der Waals surface area contributed by atoms with Crippen LogP contribution < -0.4 is 16.6 Å². The maximum atomic E-state index is 12.7. The van der Waals surface area contributed by atoms with Gasteiger partial charge in [0.2, 0.25) is 12.5 Å². The van der Waals surface area contributed by atoms with E-state index in [1.165, 1.54) is 32.3 Å². The number of carbonyl (C=O) groups is 1. The minimum Gasteiger partial charge on any atom is -0.346 e. The quantitative estimate of drug-likeness (QED) is 0.181. The Hall–Kier alpha value is -2.16. The Kier molecular flexibility index (Phi) is 14.0. The van der Waals surface area contributed by atoms with E-state index in [-0.39, 0.29) is 38.4 Å². The number of aromatic amines is 1. The number of hydrogen-bond acceptors (Lipinski definition) is 9. The second kappa shape index (κ2) is 15.8. The fraction of sp³-hybridized carbons (Fsp3) is 0.619. The first kappa shape index (κ1) is 31.9. The van der Waals surface area contributed by atoms with Crippen LogP contribution in [0, 0.1) is 6.57 Å². The summed E-state index contributed by atoms with van der Waals surface area (Å²) in [6.07, 6.45) is 2.63. The summed E-state index contributed by atoms with van der Waals surface area (Å²) in [7, 11) is -2.66. The van der Waals surface area contributed by atoms with Crippen LogP contribution >= 0.6 is 16.1 Å². The van der Waals surface area contributed by atoms with Crippen molar-refractivity contribution in [1.82, 2.24) is 19.5 Å². The van der Waals surface area contributed by atoms with Gasteiger partial charge in [0.25, 0.3) is 14.1 Å². The molecule has 0 bridgehead atoms. The van der Waals surface area contributed by atoms with Gasteiger partial charge in [0.1, 0.15) is 13.2 Å². The van der Waals surface area contributed by atoms with Gasteiger partial charge in [-0.25, -0.2) is 16.0 Å². The second-order valence-electron chi connectivity index (χ2n) is 7.97. The number of rotatable bonds is 16. The topological polar surface area (TPSA) is 146 Å². The monoisotopic (exact) mass is 547 g/mol. The van der Waals surface area contributed by atoms with Gasteiger partial charge in [0.15, 0.2) is 0 Å². The molecule has 2 atom stereocenters. The summed E-state index contributed by atoms with van der Waals surface area (Å²) in [5.41, 5.74) is -1.31. The predicted octanol–water partition coefficient (Wildman–Crippen LogP) is 2.32. The van der Waals surface area contributed by atoms with Crippen LogP contribution in [0.2, 0.25) is 0 Å². The van der Waals surface area contributed by atoms with Crippen LogP contribution in [-0.4, -0.2) is 72.2 Å². The summed E-state index contributed by atoms with van der Waals surface area (Å²) in [6, 6.07) is 0.469. The first-order valence-electron chi connectivity index (χ1n) is 11.1. The maximum absolute atomic E-state index is 12.7. The maximum Gasteiger partial charge on any atom is 0.353 e. The minimum absolute atomic E-state index is 0.0712. The molecule has 15 heteroatoms. The van der Waals surface area contributed by atoms with Gasteiger partial charge in [-0.15, -0.1) is 0 Å². The van der Waals surface area contributed by atoms with Crippen molar-refractivity contribution in [3.8, 4) is 0 Å². The van der Waals surface area contributed by atoms with Crippen molar-refractivity contribution in [2.75, 3.05) is 34.0 Å². The van der Waals surface area contributed by atoms with E-state index < -0.39 is 39.3 Å². The first-order chi connectivity index (χ1) is 17.0. The van der Waals surface area contributed by atoms with E-state index in [1.807, 2.05) is 32.4 Å². The van der Waals surface area contributed by atoms with Crippen molar-refractivity contribution >= 4 is 22.0 Å². The van der Waals surface area contributed by atoms with Crippen LogP contribution in [0.15, 0.2) is 33.7 Å². The molecule has 2 N–H and O–H groups in total. The third-order valence-corrected chi connectivity index (χ3v) is 8.21. The molecule has 2 unspecified atom stereocenters. The van der Waals surface area contributed by atoms with Gasteiger partial charge in [0.05, 0.1) is 12.6 Å². The van der Waals surface area contributed by atoms with Crippen molar-refractivity contribution in [3.05, 3.63) is 56.4 Å². The molecule has 1 amide bonds. The van der Waals surface area contributed by atoms with Crippen molar-refractivity contribution in [2.45, 2.75) is 52.4 Å². The van der Waals surface area contributed by atoms with Crippen molar-refractivity contribution in [3.63, 3.8) is 0 Å². The van der Waals surface area contributed by atoms with Gasteiger partial charge in [-0.1, -0.05) is 6.08 Å². The van der Waals surface area contributed by atoms with Crippen LogP contribution in [-0.2, 0) is 34.0 Å². The third-order valence-electron chi connectivity index (χ3n) is 4.58. The van der Waals surface area contributed by atoms with E-state index in [0.29, 0.717) is 0 Å². The van der Waals surface area contributed by atoms with Crippen molar-refractivity contribution in [1.29, 1.82) is 0 Å². The Bertz CT molecular complexity index is 1050. The zero-order chi connectivity index (χ0) is 27.3. The molecule has 0 aliphatic heterocycles. The molecular weight excluding hydrogens is 512 g/mol. The lowest BCUT2D eigenvalue weighted by atomic mass is 10.3. The molecule has 0 aliphatic carbocycles. The molecule has 202 valence electrons. The number of H-pyrrole nitrogens is 1. The number of aromatic nitrogens is 2. The molecule has 13 nitrogen and oxygen atoms in total. The zero-order valence-electron chi connectivity index (χ0n) is 21.4. The second-order valence-corrected chi connectivity index (χ2v) is 11.5. The van der Waals surface area contributed by atoms with Gasteiger partial charge in [-0.3, -0.25) is 23.7 Å². The molecule has 0 saturated heterocycles. The summed E-state index contributed by atoms with van der Waals surface area (Å²) in [5.74, 6) is 0.646. The smallest absolute Gasteiger partial charge is 0.346 e. The van der Waals surface area contributed by atoms with Crippen LogP contribution in [0.3, 0.4) is 0 Å². The molecule has 1 aromatic heterocycles. The van der Waals surface area contributed by atoms with Gasteiger partial charge < -0.3 is 28.3 Å². The lowest BCUT2D eigenvalue weighted by molar-refractivity contribution is -0.122. The SMILES string of the molecule is [C-]#[N+]CCOP(OCC(/C=C/P(=O)(OC)OC)NC(=O)Cn1ccc(=O)[nH]c1=O)N(C(C)C)C(C)C. The van der Waals surface area contributed by atoms with Crippen molar-refractivity contribution < 1.29 is 27.5 Å². The summed E-state index contributed by atoms with van der Waals surface area (Å²) in [5, 5.41) is 2.70. The lowest BCUT2D eigenvalue weighted by Crippen LogP contribution is -2.41. The molecule has 0 fully saturated rings. The number of amides is 1. The van der Waals surface area contributed by atoms with Crippen LogP contribution in [0.1, 0.15) is 27.7 Å². The van der Waals surface area contributed by atoms with Crippen LogP contribution in [0.4, 0.5) is 0 Å².